The van der Waals surface area contributed by atoms with Crippen LogP contribution in [-0.4, -0.2) is 10.9 Å². The number of halogens is 2. The highest BCUT2D eigenvalue weighted by molar-refractivity contribution is 5.98. The van der Waals surface area contributed by atoms with E-state index in [4.69, 9.17) is 11.5 Å². The minimum absolute atomic E-state index is 0.0225. The SMILES string of the molecule is NC(=O)c1cc(Nc2c(F)cccc2F)ncc1N. The lowest BCUT2D eigenvalue weighted by molar-refractivity contribution is 0.100. The molecular formula is C12H10F2N4O. The number of nitrogens with two attached hydrogens (primary N) is 2. The first kappa shape index (κ1) is 12.7. The van der Waals surface area contributed by atoms with E-state index in [2.05, 4.69) is 10.3 Å². The molecule has 98 valence electrons. The number of benzene rings is 1. The number of hydrogen-bond donors (Lipinski definition) is 3. The van der Waals surface area contributed by atoms with Crippen LogP contribution in [0.1, 0.15) is 10.4 Å². The summed E-state index contributed by atoms with van der Waals surface area (Å²) < 4.78 is 26.9. The third kappa shape index (κ3) is 2.59. The average molecular weight is 264 g/mol. The van der Waals surface area contributed by atoms with Crippen LogP contribution >= 0.6 is 0 Å². The lowest BCUT2D eigenvalue weighted by Crippen LogP contribution is -2.14. The minimum Gasteiger partial charge on any atom is -0.397 e. The zero-order chi connectivity index (χ0) is 14.0. The smallest absolute Gasteiger partial charge is 0.250 e. The highest BCUT2D eigenvalue weighted by atomic mass is 19.1. The zero-order valence-corrected chi connectivity index (χ0v) is 9.65. The molecule has 1 aromatic heterocycles. The number of hydrogen-bond acceptors (Lipinski definition) is 4. The summed E-state index contributed by atoms with van der Waals surface area (Å²) in [5, 5.41) is 2.44. The van der Waals surface area contributed by atoms with E-state index in [1.54, 1.807) is 0 Å². The highest BCUT2D eigenvalue weighted by Gasteiger charge is 2.12. The summed E-state index contributed by atoms with van der Waals surface area (Å²) in [5.74, 6) is -2.25. The maximum atomic E-state index is 13.4. The maximum Gasteiger partial charge on any atom is 0.250 e. The largest absolute Gasteiger partial charge is 0.397 e. The number of nitrogens with one attached hydrogen (secondary N) is 1. The molecule has 0 saturated heterocycles. The molecule has 1 heterocycles. The van der Waals surface area contributed by atoms with Crippen molar-refractivity contribution in [2.45, 2.75) is 0 Å². The summed E-state index contributed by atoms with van der Waals surface area (Å²) in [6.45, 7) is 0. The summed E-state index contributed by atoms with van der Waals surface area (Å²) in [4.78, 5) is 14.9. The number of nitrogen functional groups attached to an aromatic ring is 1. The maximum absolute atomic E-state index is 13.4. The van der Waals surface area contributed by atoms with E-state index in [9.17, 15) is 13.6 Å². The molecule has 2 rings (SSSR count). The number of pyridine rings is 1. The molecule has 0 bridgehead atoms. The van der Waals surface area contributed by atoms with Gasteiger partial charge in [-0.25, -0.2) is 13.8 Å². The van der Waals surface area contributed by atoms with Gasteiger partial charge >= 0.3 is 0 Å². The molecule has 2 aromatic rings. The monoisotopic (exact) mass is 264 g/mol. The lowest BCUT2D eigenvalue weighted by atomic mass is 10.2. The van der Waals surface area contributed by atoms with Crippen LogP contribution in [0.5, 0.6) is 0 Å². The molecule has 0 fully saturated rings. The number of anilines is 3. The van der Waals surface area contributed by atoms with Crippen molar-refractivity contribution < 1.29 is 13.6 Å². The fraction of sp³-hybridized carbons (Fsp3) is 0. The van der Waals surface area contributed by atoms with Crippen molar-refractivity contribution in [1.82, 2.24) is 4.98 Å². The van der Waals surface area contributed by atoms with E-state index in [1.807, 2.05) is 0 Å². The van der Waals surface area contributed by atoms with Crippen LogP contribution in [0.4, 0.5) is 26.0 Å². The number of primary amides is 1. The van der Waals surface area contributed by atoms with E-state index < -0.39 is 17.5 Å². The predicted octanol–water partition coefficient (Wildman–Crippen LogP) is 1.78. The fourth-order valence-corrected chi connectivity index (χ4v) is 1.49. The Morgan fingerprint density at radius 3 is 2.47 bits per heavy atom. The Bertz CT molecular complexity index is 625. The predicted molar refractivity (Wildman–Crippen MR) is 66.8 cm³/mol. The lowest BCUT2D eigenvalue weighted by Gasteiger charge is -2.09. The van der Waals surface area contributed by atoms with Crippen LogP contribution < -0.4 is 16.8 Å². The van der Waals surface area contributed by atoms with Crippen molar-refractivity contribution in [3.63, 3.8) is 0 Å². The van der Waals surface area contributed by atoms with Gasteiger partial charge in [-0.1, -0.05) is 6.07 Å². The summed E-state index contributed by atoms with van der Waals surface area (Å²) >= 11 is 0. The van der Waals surface area contributed by atoms with Crippen molar-refractivity contribution >= 4 is 23.1 Å². The molecule has 7 heteroatoms. The van der Waals surface area contributed by atoms with Gasteiger partial charge in [0.2, 0.25) is 0 Å². The van der Waals surface area contributed by atoms with Crippen LogP contribution in [0, 0.1) is 11.6 Å². The zero-order valence-electron chi connectivity index (χ0n) is 9.65. The first-order chi connectivity index (χ1) is 8.99. The van der Waals surface area contributed by atoms with Crippen LogP contribution in [0.3, 0.4) is 0 Å². The average Bonchev–Trinajstić information content (AvgIpc) is 2.35. The van der Waals surface area contributed by atoms with Crippen molar-refractivity contribution in [2.75, 3.05) is 11.1 Å². The molecule has 0 aliphatic heterocycles. The van der Waals surface area contributed by atoms with Gasteiger partial charge in [0, 0.05) is 0 Å². The first-order valence-corrected chi connectivity index (χ1v) is 5.25. The molecule has 0 saturated carbocycles. The first-order valence-electron chi connectivity index (χ1n) is 5.25. The second-order valence-electron chi connectivity index (χ2n) is 3.74. The molecule has 5 nitrogen and oxygen atoms in total. The Hall–Kier alpha value is -2.70. The van der Waals surface area contributed by atoms with Gasteiger partial charge in [0.25, 0.3) is 5.91 Å². The molecule has 0 aliphatic rings. The van der Waals surface area contributed by atoms with Crippen LogP contribution in [0.25, 0.3) is 0 Å². The molecule has 5 N–H and O–H groups in total. The molecule has 1 amide bonds. The molecule has 19 heavy (non-hydrogen) atoms. The summed E-state index contributed by atoms with van der Waals surface area (Å²) in [6, 6.07) is 4.65. The standard InChI is InChI=1S/C12H10F2N4O/c13-7-2-1-3-8(14)11(7)18-10-4-6(12(16)19)9(15)5-17-10/h1-5H,15H2,(H2,16,19)(H,17,18). The van der Waals surface area contributed by atoms with Gasteiger partial charge < -0.3 is 16.8 Å². The van der Waals surface area contributed by atoms with Gasteiger partial charge in [0.05, 0.1) is 17.4 Å². The van der Waals surface area contributed by atoms with Gasteiger partial charge in [0.15, 0.2) is 0 Å². The normalized spacial score (nSPS) is 10.2. The van der Waals surface area contributed by atoms with E-state index >= 15 is 0 Å². The second kappa shape index (κ2) is 4.89. The van der Waals surface area contributed by atoms with Crippen molar-refractivity contribution in [1.29, 1.82) is 0 Å². The number of nitrogens with zero attached hydrogens (tertiary/aromatic N) is 1. The highest BCUT2D eigenvalue weighted by Crippen LogP contribution is 2.23. The summed E-state index contributed by atoms with van der Waals surface area (Å²) in [5.41, 5.74) is 10.4. The van der Waals surface area contributed by atoms with E-state index in [-0.39, 0.29) is 22.8 Å². The quantitative estimate of drug-likeness (QED) is 0.787. The van der Waals surface area contributed by atoms with Gasteiger partial charge in [-0.05, 0) is 18.2 Å². The van der Waals surface area contributed by atoms with Crippen LogP contribution in [0.15, 0.2) is 30.5 Å². The summed E-state index contributed by atoms with van der Waals surface area (Å²) in [6.07, 6.45) is 1.18. The van der Waals surface area contributed by atoms with Gasteiger partial charge in [-0.2, -0.15) is 0 Å². The number of carbonyl (C=O) groups is 1. The number of para-hydroxylation sites is 1. The number of carbonyl (C=O) groups excluding carboxylic acids is 1. The van der Waals surface area contributed by atoms with Crippen molar-refractivity contribution in [3.05, 3.63) is 47.7 Å². The van der Waals surface area contributed by atoms with Gasteiger partial charge in [0.1, 0.15) is 23.1 Å². The number of aromatic nitrogens is 1. The topological polar surface area (TPSA) is 94.0 Å². The molecule has 0 unspecified atom stereocenters. The van der Waals surface area contributed by atoms with Crippen LogP contribution in [-0.2, 0) is 0 Å². The Morgan fingerprint density at radius 1 is 1.26 bits per heavy atom. The summed E-state index contributed by atoms with van der Waals surface area (Å²) in [7, 11) is 0. The third-order valence-electron chi connectivity index (χ3n) is 2.42. The van der Waals surface area contributed by atoms with Gasteiger partial charge in [-0.3, -0.25) is 4.79 Å². The Kier molecular flexibility index (Phi) is 3.28. The third-order valence-corrected chi connectivity index (χ3v) is 2.42. The van der Waals surface area contributed by atoms with Gasteiger partial charge in [-0.15, -0.1) is 0 Å². The Labute approximate surface area is 107 Å². The Morgan fingerprint density at radius 2 is 1.89 bits per heavy atom. The van der Waals surface area contributed by atoms with E-state index in [0.717, 1.165) is 12.1 Å². The van der Waals surface area contributed by atoms with E-state index in [1.165, 1.54) is 18.3 Å². The van der Waals surface area contributed by atoms with Crippen molar-refractivity contribution in [3.8, 4) is 0 Å². The Balaban J connectivity index is 2.39. The number of amides is 1. The number of rotatable bonds is 3. The molecule has 0 spiro atoms. The fourth-order valence-electron chi connectivity index (χ4n) is 1.49. The van der Waals surface area contributed by atoms with E-state index in [0.29, 0.717) is 0 Å². The molecular weight excluding hydrogens is 254 g/mol. The van der Waals surface area contributed by atoms with Crippen LogP contribution in [0.2, 0.25) is 0 Å². The molecule has 0 radical (unpaired) electrons. The second-order valence-corrected chi connectivity index (χ2v) is 3.74. The minimum atomic E-state index is -0.778. The van der Waals surface area contributed by atoms with Crippen molar-refractivity contribution in [2.24, 2.45) is 5.73 Å². The molecule has 0 atom stereocenters. The molecule has 1 aromatic carbocycles. The molecule has 0 aliphatic carbocycles.